The molecule has 12 heteroatoms. The Morgan fingerprint density at radius 1 is 1.32 bits per heavy atom. The lowest BCUT2D eigenvalue weighted by Gasteiger charge is -2.08. The number of nitrogens with zero attached hydrogens (tertiary/aromatic N) is 3. The van der Waals surface area contributed by atoms with Gasteiger partial charge in [0.25, 0.3) is 5.82 Å². The summed E-state index contributed by atoms with van der Waals surface area (Å²) in [5, 5.41) is 9.21. The zero-order chi connectivity index (χ0) is 18.4. The third-order valence-corrected chi connectivity index (χ3v) is 3.95. The summed E-state index contributed by atoms with van der Waals surface area (Å²) in [6.45, 7) is 0.453. The van der Waals surface area contributed by atoms with Crippen molar-refractivity contribution in [2.75, 3.05) is 24.7 Å². The first-order valence-corrected chi connectivity index (χ1v) is 8.19. The molecule has 0 aliphatic heterocycles. The van der Waals surface area contributed by atoms with E-state index in [1.165, 1.54) is 0 Å². The summed E-state index contributed by atoms with van der Waals surface area (Å²) in [6, 6.07) is 6.72. The van der Waals surface area contributed by atoms with Crippen molar-refractivity contribution in [1.29, 1.82) is 0 Å². The average Bonchev–Trinajstić information content (AvgIpc) is 2.92. The molecule has 2 rings (SSSR count). The molecule has 1 amide bonds. The summed E-state index contributed by atoms with van der Waals surface area (Å²) in [5.74, 6) is 3.98. The molecule has 0 aliphatic carbocycles. The van der Waals surface area contributed by atoms with Crippen molar-refractivity contribution < 1.29 is 22.7 Å². The quantitative estimate of drug-likeness (QED) is 0.423. The summed E-state index contributed by atoms with van der Waals surface area (Å²) in [5.41, 5.74) is 0. The number of hydrogen-bond donors (Lipinski definition) is 2. The third-order valence-electron chi connectivity index (χ3n) is 2.76. The normalized spacial score (nSPS) is 11.4. The summed E-state index contributed by atoms with van der Waals surface area (Å²) in [4.78, 5) is 11.7. The van der Waals surface area contributed by atoms with E-state index in [0.717, 1.165) is 11.8 Å². The van der Waals surface area contributed by atoms with Crippen LogP contribution in [-0.4, -0.2) is 39.7 Å². The first-order valence-electron chi connectivity index (χ1n) is 6.83. The Morgan fingerprint density at radius 3 is 2.60 bits per heavy atom. The molecule has 0 bridgehead atoms. The number of nitrogen functional groups attached to an aromatic ring is 1. The zero-order valence-electron chi connectivity index (χ0n) is 12.6. The summed E-state index contributed by atoms with van der Waals surface area (Å²) < 4.78 is 43.2. The number of carbonyl (C=O) groups excluding carboxylic acids is 1. The Morgan fingerprint density at radius 2 is 2.00 bits per heavy atom. The van der Waals surface area contributed by atoms with Crippen LogP contribution in [-0.2, 0) is 11.0 Å². The van der Waals surface area contributed by atoms with Crippen LogP contribution >= 0.6 is 23.4 Å². The number of hydrogen-bond acceptors (Lipinski definition) is 6. The first-order chi connectivity index (χ1) is 11.8. The van der Waals surface area contributed by atoms with Crippen molar-refractivity contribution >= 4 is 29.3 Å². The molecular weight excluding hydrogens is 383 g/mol. The highest BCUT2D eigenvalue weighted by atomic mass is 35.5. The Hall–Kier alpha value is -2.14. The van der Waals surface area contributed by atoms with E-state index in [2.05, 4.69) is 15.5 Å². The van der Waals surface area contributed by atoms with Gasteiger partial charge in [-0.15, -0.1) is 10.2 Å². The fourth-order valence-corrected chi connectivity index (χ4v) is 2.45. The second-order valence-corrected chi connectivity index (χ2v) is 5.99. The number of halogens is 4. The maximum Gasteiger partial charge on any atom is 0.453 e. The first kappa shape index (κ1) is 19.2. The van der Waals surface area contributed by atoms with Crippen LogP contribution in [0.1, 0.15) is 5.82 Å². The SMILES string of the molecule is Nn1c(SCC(=O)NCCOc2ccc(Cl)cc2)nnc1C(F)(F)F. The maximum absolute atomic E-state index is 12.5. The molecule has 25 heavy (non-hydrogen) atoms. The van der Waals surface area contributed by atoms with Crippen LogP contribution in [0.3, 0.4) is 0 Å². The van der Waals surface area contributed by atoms with Gasteiger partial charge in [-0.25, -0.2) is 4.68 Å². The van der Waals surface area contributed by atoms with E-state index in [-0.39, 0.29) is 24.1 Å². The van der Waals surface area contributed by atoms with Crippen LogP contribution < -0.4 is 15.9 Å². The predicted octanol–water partition coefficient (Wildman–Crippen LogP) is 1.95. The molecule has 1 aromatic heterocycles. The highest BCUT2D eigenvalue weighted by Crippen LogP contribution is 2.28. The van der Waals surface area contributed by atoms with Gasteiger partial charge in [-0.2, -0.15) is 13.2 Å². The highest BCUT2D eigenvalue weighted by Gasteiger charge is 2.38. The monoisotopic (exact) mass is 395 g/mol. The summed E-state index contributed by atoms with van der Waals surface area (Å²) in [6.07, 6.45) is -4.71. The fourth-order valence-electron chi connectivity index (χ4n) is 1.64. The number of benzene rings is 1. The van der Waals surface area contributed by atoms with Crippen LogP contribution in [0.25, 0.3) is 0 Å². The number of rotatable bonds is 7. The van der Waals surface area contributed by atoms with E-state index < -0.39 is 17.9 Å². The van der Waals surface area contributed by atoms with Gasteiger partial charge in [0, 0.05) is 5.02 Å². The van der Waals surface area contributed by atoms with E-state index in [4.69, 9.17) is 22.2 Å². The molecule has 2 aromatic rings. The lowest BCUT2D eigenvalue weighted by atomic mass is 10.3. The summed E-state index contributed by atoms with van der Waals surface area (Å²) in [7, 11) is 0. The molecule has 0 aliphatic rings. The van der Waals surface area contributed by atoms with Crippen LogP contribution in [0, 0.1) is 0 Å². The Balaban J connectivity index is 1.71. The molecule has 1 aromatic carbocycles. The standard InChI is InChI=1S/C13H13ClF3N5O2S/c14-8-1-3-9(4-2-8)24-6-5-19-10(23)7-25-12-21-20-11(22(12)18)13(15,16)17/h1-4H,5-7,18H2,(H,19,23). The minimum atomic E-state index is -4.71. The Bertz CT molecular complexity index is 723. The van der Waals surface area contributed by atoms with Crippen molar-refractivity contribution in [1.82, 2.24) is 20.2 Å². The Labute approximate surface area is 149 Å². The molecule has 0 fully saturated rings. The molecule has 7 nitrogen and oxygen atoms in total. The van der Waals surface area contributed by atoms with E-state index in [9.17, 15) is 18.0 Å². The highest BCUT2D eigenvalue weighted by molar-refractivity contribution is 7.99. The largest absolute Gasteiger partial charge is 0.492 e. The molecule has 0 atom stereocenters. The van der Waals surface area contributed by atoms with E-state index in [1.54, 1.807) is 24.3 Å². The smallest absolute Gasteiger partial charge is 0.453 e. The molecule has 0 spiro atoms. The van der Waals surface area contributed by atoms with Crippen molar-refractivity contribution in [3.8, 4) is 5.75 Å². The number of amides is 1. The maximum atomic E-state index is 12.5. The molecule has 0 unspecified atom stereocenters. The summed E-state index contributed by atoms with van der Waals surface area (Å²) >= 11 is 6.48. The minimum absolute atomic E-state index is 0.159. The van der Waals surface area contributed by atoms with Gasteiger partial charge in [0.05, 0.1) is 12.3 Å². The van der Waals surface area contributed by atoms with Crippen LogP contribution in [0.4, 0.5) is 13.2 Å². The van der Waals surface area contributed by atoms with Crippen molar-refractivity contribution in [2.24, 2.45) is 0 Å². The zero-order valence-corrected chi connectivity index (χ0v) is 14.2. The predicted molar refractivity (Wildman–Crippen MR) is 85.9 cm³/mol. The van der Waals surface area contributed by atoms with Crippen LogP contribution in [0.5, 0.6) is 5.75 Å². The Kier molecular flexibility index (Phi) is 6.37. The number of carbonyl (C=O) groups is 1. The molecule has 0 saturated carbocycles. The number of thioether (sulfide) groups is 1. The van der Waals surface area contributed by atoms with Gasteiger partial charge in [0.1, 0.15) is 12.4 Å². The van der Waals surface area contributed by atoms with Gasteiger partial charge in [-0.1, -0.05) is 23.4 Å². The van der Waals surface area contributed by atoms with Gasteiger partial charge >= 0.3 is 6.18 Å². The molecular formula is C13H13ClF3N5O2S. The van der Waals surface area contributed by atoms with Crippen LogP contribution in [0.2, 0.25) is 5.02 Å². The number of nitrogens with one attached hydrogen (secondary N) is 1. The van der Waals surface area contributed by atoms with Crippen molar-refractivity contribution in [2.45, 2.75) is 11.3 Å². The molecule has 0 radical (unpaired) electrons. The number of alkyl halides is 3. The number of aromatic nitrogens is 3. The molecule has 1 heterocycles. The molecule has 3 N–H and O–H groups in total. The second-order valence-electron chi connectivity index (χ2n) is 4.61. The number of nitrogens with two attached hydrogens (primary N) is 1. The lowest BCUT2D eigenvalue weighted by Crippen LogP contribution is -2.29. The second kappa shape index (κ2) is 8.30. The minimum Gasteiger partial charge on any atom is -0.492 e. The topological polar surface area (TPSA) is 95.1 Å². The molecule has 0 saturated heterocycles. The van der Waals surface area contributed by atoms with Gasteiger partial charge in [0.15, 0.2) is 0 Å². The average molecular weight is 396 g/mol. The van der Waals surface area contributed by atoms with E-state index in [0.29, 0.717) is 15.4 Å². The van der Waals surface area contributed by atoms with Crippen molar-refractivity contribution in [3.05, 3.63) is 35.1 Å². The van der Waals surface area contributed by atoms with Gasteiger partial charge in [-0.3, -0.25) is 4.79 Å². The number of ether oxygens (including phenoxy) is 1. The van der Waals surface area contributed by atoms with Crippen molar-refractivity contribution in [3.63, 3.8) is 0 Å². The van der Waals surface area contributed by atoms with Gasteiger partial charge in [0.2, 0.25) is 11.1 Å². The van der Waals surface area contributed by atoms with Gasteiger partial charge < -0.3 is 15.9 Å². The lowest BCUT2D eigenvalue weighted by molar-refractivity contribution is -0.146. The van der Waals surface area contributed by atoms with E-state index >= 15 is 0 Å². The molecule has 136 valence electrons. The van der Waals surface area contributed by atoms with Gasteiger partial charge in [-0.05, 0) is 24.3 Å². The third kappa shape index (κ3) is 5.71. The van der Waals surface area contributed by atoms with E-state index in [1.807, 2.05) is 0 Å². The van der Waals surface area contributed by atoms with Crippen LogP contribution in [0.15, 0.2) is 29.4 Å². The fraction of sp³-hybridized carbons (Fsp3) is 0.308.